The van der Waals surface area contributed by atoms with Gasteiger partial charge in [0.25, 0.3) is 0 Å². The number of rotatable bonds is 5. The molecule has 0 aromatic rings. The van der Waals surface area contributed by atoms with Gasteiger partial charge < -0.3 is 14.9 Å². The van der Waals surface area contributed by atoms with E-state index in [1.807, 2.05) is 0 Å². The maximum Gasteiger partial charge on any atom is 0.106 e. The van der Waals surface area contributed by atoms with Gasteiger partial charge in [-0.15, -0.1) is 0 Å². The van der Waals surface area contributed by atoms with Gasteiger partial charge in [-0.3, -0.25) is 0 Å². The Labute approximate surface area is 97.4 Å². The fraction of sp³-hybridized carbons (Fsp3) is 0.667. The molecule has 0 fully saturated rings. The van der Waals surface area contributed by atoms with Crippen molar-refractivity contribution >= 4 is 0 Å². The highest BCUT2D eigenvalue weighted by Gasteiger charge is 2.32. The zero-order valence-corrected chi connectivity index (χ0v) is 10.3. The Morgan fingerprint density at radius 1 is 1.50 bits per heavy atom. The fourth-order valence-electron chi connectivity index (χ4n) is 2.06. The Balaban J connectivity index is 2.88. The van der Waals surface area contributed by atoms with E-state index in [1.165, 1.54) is 5.57 Å². The summed E-state index contributed by atoms with van der Waals surface area (Å²) in [7, 11) is 0. The van der Waals surface area contributed by atoms with Crippen molar-refractivity contribution in [2.24, 2.45) is 11.8 Å². The van der Waals surface area contributed by atoms with Crippen LogP contribution in [0.5, 0.6) is 0 Å². The monoisotopic (exact) mass is 226 g/mol. The van der Waals surface area contributed by atoms with Gasteiger partial charge in [0.05, 0.1) is 12.5 Å². The second kappa shape index (κ2) is 6.03. The van der Waals surface area contributed by atoms with Crippen LogP contribution in [-0.2, 0) is 9.57 Å². The van der Waals surface area contributed by atoms with Crippen LogP contribution in [0.25, 0.3) is 0 Å². The van der Waals surface area contributed by atoms with Gasteiger partial charge in [-0.1, -0.05) is 12.7 Å². The number of nitrogens with two attached hydrogens (primary N) is 1. The molecule has 0 saturated carbocycles. The van der Waals surface area contributed by atoms with Gasteiger partial charge in [0.2, 0.25) is 0 Å². The molecule has 0 aromatic carbocycles. The molecule has 92 valence electrons. The van der Waals surface area contributed by atoms with Gasteiger partial charge in [-0.05, 0) is 26.3 Å². The molecule has 3 N–H and O–H groups in total. The number of hydrogen-bond acceptors (Lipinski definition) is 4. The highest BCUT2D eigenvalue weighted by atomic mass is 16.6. The van der Waals surface area contributed by atoms with E-state index in [9.17, 15) is 0 Å². The van der Waals surface area contributed by atoms with E-state index in [4.69, 9.17) is 15.5 Å². The summed E-state index contributed by atoms with van der Waals surface area (Å²) in [5.41, 5.74) is 1.21. The molecule has 0 spiro atoms. The Hall–Kier alpha value is -0.840. The Morgan fingerprint density at radius 3 is 2.75 bits per heavy atom. The van der Waals surface area contributed by atoms with Gasteiger partial charge in [0.1, 0.15) is 12.4 Å². The first-order chi connectivity index (χ1) is 7.61. The number of hydrogen-bond donors (Lipinski definition) is 2. The molecule has 3 unspecified atom stereocenters. The summed E-state index contributed by atoms with van der Waals surface area (Å²) < 4.78 is 5.74. The highest BCUT2D eigenvalue weighted by molar-refractivity contribution is 5.21. The first-order valence-corrected chi connectivity index (χ1v) is 5.63. The quantitative estimate of drug-likeness (QED) is 0.549. The lowest BCUT2D eigenvalue weighted by Crippen LogP contribution is -2.48. The summed E-state index contributed by atoms with van der Waals surface area (Å²) in [6.45, 7) is 11.0. The van der Waals surface area contributed by atoms with Crippen molar-refractivity contribution in [2.75, 3.05) is 13.2 Å². The van der Waals surface area contributed by atoms with Gasteiger partial charge in [-0.25, -0.2) is 5.90 Å². The smallest absolute Gasteiger partial charge is 0.106 e. The molecule has 16 heavy (non-hydrogen) atoms. The molecule has 0 amide bonds. The fourth-order valence-corrected chi connectivity index (χ4v) is 2.06. The topological polar surface area (TPSA) is 56.5 Å². The lowest BCUT2D eigenvalue weighted by Gasteiger charge is -2.36. The first-order valence-electron chi connectivity index (χ1n) is 5.63. The van der Waals surface area contributed by atoms with Crippen LogP contribution in [0.4, 0.5) is 0 Å². The lowest BCUT2D eigenvalue weighted by atomic mass is 9.89. The van der Waals surface area contributed by atoms with E-state index in [0.29, 0.717) is 25.3 Å². The molecular weight excluding hydrogens is 204 g/mol. The second-order valence-corrected chi connectivity index (χ2v) is 4.26. The predicted molar refractivity (Wildman–Crippen MR) is 64.5 cm³/mol. The third-order valence-corrected chi connectivity index (χ3v) is 3.12. The van der Waals surface area contributed by atoms with E-state index in [2.05, 4.69) is 32.7 Å². The van der Waals surface area contributed by atoms with Gasteiger partial charge in [0.15, 0.2) is 0 Å². The summed E-state index contributed by atoms with van der Waals surface area (Å²) >= 11 is 0. The van der Waals surface area contributed by atoms with Crippen LogP contribution < -0.4 is 11.2 Å². The van der Waals surface area contributed by atoms with Gasteiger partial charge >= 0.3 is 0 Å². The first kappa shape index (κ1) is 13.2. The van der Waals surface area contributed by atoms with Crippen LogP contribution in [0, 0.1) is 5.92 Å². The zero-order valence-electron chi connectivity index (χ0n) is 10.3. The SMILES string of the molecule is C=CCOC1=C(C)C(C)NC(C)C1CON. The summed E-state index contributed by atoms with van der Waals surface area (Å²) in [4.78, 5) is 4.77. The summed E-state index contributed by atoms with van der Waals surface area (Å²) in [5, 5.41) is 3.47. The highest BCUT2D eigenvalue weighted by Crippen LogP contribution is 2.27. The molecule has 0 aliphatic carbocycles. The molecule has 1 heterocycles. The minimum Gasteiger partial charge on any atom is -0.493 e. The molecule has 1 aliphatic heterocycles. The molecule has 1 aliphatic rings. The van der Waals surface area contributed by atoms with E-state index < -0.39 is 0 Å². The molecule has 1 rings (SSSR count). The molecule has 0 radical (unpaired) electrons. The summed E-state index contributed by atoms with van der Waals surface area (Å²) in [6.07, 6.45) is 1.75. The van der Waals surface area contributed by atoms with Crippen LogP contribution in [0.3, 0.4) is 0 Å². The van der Waals surface area contributed by atoms with Crippen molar-refractivity contribution in [2.45, 2.75) is 32.9 Å². The molecule has 0 bridgehead atoms. The predicted octanol–water partition coefficient (Wildman–Crippen LogP) is 1.35. The second-order valence-electron chi connectivity index (χ2n) is 4.26. The maximum atomic E-state index is 5.74. The van der Waals surface area contributed by atoms with Gasteiger partial charge in [-0.2, -0.15) is 0 Å². The average molecular weight is 226 g/mol. The molecular formula is C12H22N2O2. The van der Waals surface area contributed by atoms with Gasteiger partial charge in [0, 0.05) is 12.1 Å². The van der Waals surface area contributed by atoms with Crippen LogP contribution in [0.2, 0.25) is 0 Å². The molecule has 0 aromatic heterocycles. The molecule has 4 heteroatoms. The van der Waals surface area contributed by atoms with Crippen molar-refractivity contribution in [1.29, 1.82) is 0 Å². The van der Waals surface area contributed by atoms with Crippen molar-refractivity contribution < 1.29 is 9.57 Å². The molecule has 0 saturated heterocycles. The largest absolute Gasteiger partial charge is 0.493 e. The average Bonchev–Trinajstić information content (AvgIpc) is 2.25. The van der Waals surface area contributed by atoms with Crippen LogP contribution in [0.15, 0.2) is 24.0 Å². The third-order valence-electron chi connectivity index (χ3n) is 3.12. The normalized spacial score (nSPS) is 30.4. The standard InChI is InChI=1S/C12H22N2O2/c1-5-6-15-12-8(2)9(3)14-10(4)11(12)7-16-13/h5,9-11,14H,1,6-7,13H2,2-4H3. The number of ether oxygens (including phenoxy) is 1. The van der Waals surface area contributed by atoms with Crippen LogP contribution in [-0.4, -0.2) is 25.3 Å². The van der Waals surface area contributed by atoms with E-state index >= 15 is 0 Å². The molecule has 4 nitrogen and oxygen atoms in total. The Kier molecular flexibility index (Phi) is 4.99. The Bertz CT molecular complexity index is 276. The van der Waals surface area contributed by atoms with Crippen molar-refractivity contribution in [3.8, 4) is 0 Å². The summed E-state index contributed by atoms with van der Waals surface area (Å²) in [5.74, 6) is 6.32. The van der Waals surface area contributed by atoms with Crippen LogP contribution in [0.1, 0.15) is 20.8 Å². The minimum atomic E-state index is 0.168. The maximum absolute atomic E-state index is 5.74. The van der Waals surface area contributed by atoms with E-state index in [1.54, 1.807) is 6.08 Å². The zero-order chi connectivity index (χ0) is 12.1. The minimum absolute atomic E-state index is 0.168. The van der Waals surface area contributed by atoms with Crippen molar-refractivity contribution in [3.63, 3.8) is 0 Å². The van der Waals surface area contributed by atoms with Crippen LogP contribution >= 0.6 is 0 Å². The summed E-state index contributed by atoms with van der Waals surface area (Å²) in [6, 6.07) is 0.617. The van der Waals surface area contributed by atoms with E-state index in [-0.39, 0.29) is 5.92 Å². The van der Waals surface area contributed by atoms with E-state index in [0.717, 1.165) is 5.76 Å². The lowest BCUT2D eigenvalue weighted by molar-refractivity contribution is 0.0626. The van der Waals surface area contributed by atoms with Crippen molar-refractivity contribution in [1.82, 2.24) is 5.32 Å². The number of nitrogens with one attached hydrogen (secondary N) is 1. The third kappa shape index (κ3) is 2.84. The Morgan fingerprint density at radius 2 is 2.19 bits per heavy atom. The van der Waals surface area contributed by atoms with Crippen molar-refractivity contribution in [3.05, 3.63) is 24.0 Å². The molecule has 3 atom stereocenters.